The molecule has 1 aliphatic heterocycles. The average molecular weight is 401 g/mol. The highest BCUT2D eigenvalue weighted by atomic mass is 16.5. The van der Waals surface area contributed by atoms with E-state index in [1.54, 1.807) is 13.3 Å². The van der Waals surface area contributed by atoms with E-state index in [1.807, 2.05) is 24.3 Å². The van der Waals surface area contributed by atoms with E-state index in [2.05, 4.69) is 31.1 Å². The zero-order valence-corrected chi connectivity index (χ0v) is 17.9. The van der Waals surface area contributed by atoms with E-state index in [4.69, 9.17) is 13.9 Å². The maximum Gasteiger partial charge on any atom is 0.220 e. The maximum atomic E-state index is 12.3. The summed E-state index contributed by atoms with van der Waals surface area (Å²) in [4.78, 5) is 16.6. The van der Waals surface area contributed by atoms with Gasteiger partial charge < -0.3 is 19.2 Å². The Morgan fingerprint density at radius 2 is 2.03 bits per heavy atom. The Balaban J connectivity index is 1.47. The topological polar surface area (TPSA) is 73.6 Å². The number of nitrogens with one attached hydrogen (secondary N) is 1. The molecule has 1 aliphatic rings. The lowest BCUT2D eigenvalue weighted by Crippen LogP contribution is -2.45. The van der Waals surface area contributed by atoms with Crippen LogP contribution in [0.3, 0.4) is 0 Å². The molecule has 0 spiro atoms. The molecule has 158 valence electrons. The van der Waals surface area contributed by atoms with Crippen LogP contribution in [0.1, 0.15) is 45.9 Å². The molecular weight excluding hydrogens is 368 g/mol. The van der Waals surface area contributed by atoms with Gasteiger partial charge in [0.2, 0.25) is 5.91 Å². The number of oxazole rings is 1. The molecule has 1 aromatic heterocycles. The molecule has 0 saturated carbocycles. The number of aromatic nitrogens is 1. The zero-order chi connectivity index (χ0) is 20.9. The number of ether oxygens (including phenoxy) is 2. The predicted molar refractivity (Wildman–Crippen MR) is 112 cm³/mol. The van der Waals surface area contributed by atoms with Gasteiger partial charge in [-0.25, -0.2) is 4.98 Å². The molecule has 2 atom stereocenters. The van der Waals surface area contributed by atoms with Crippen molar-refractivity contribution in [1.29, 1.82) is 0 Å². The van der Waals surface area contributed by atoms with E-state index in [9.17, 15) is 4.79 Å². The fourth-order valence-corrected chi connectivity index (χ4v) is 3.88. The first-order chi connectivity index (χ1) is 13.9. The molecule has 3 rings (SSSR count). The van der Waals surface area contributed by atoms with Gasteiger partial charge in [0.25, 0.3) is 0 Å². The Morgan fingerprint density at radius 3 is 2.72 bits per heavy atom. The summed E-state index contributed by atoms with van der Waals surface area (Å²) in [5.41, 5.74) is 1.01. The second kappa shape index (κ2) is 9.44. The van der Waals surface area contributed by atoms with Crippen molar-refractivity contribution in [3.05, 3.63) is 36.4 Å². The first-order valence-electron chi connectivity index (χ1n) is 10.3. The minimum Gasteiger partial charge on any atom is -0.497 e. The number of rotatable bonds is 7. The number of methoxy groups -OCH3 is 1. The molecule has 29 heavy (non-hydrogen) atoms. The summed E-state index contributed by atoms with van der Waals surface area (Å²) in [7, 11) is 1.64. The van der Waals surface area contributed by atoms with E-state index < -0.39 is 0 Å². The lowest BCUT2D eigenvalue weighted by Gasteiger charge is -2.40. The van der Waals surface area contributed by atoms with Crippen LogP contribution in [0.25, 0.3) is 11.3 Å². The third-order valence-corrected chi connectivity index (χ3v) is 5.35. The molecule has 1 saturated heterocycles. The van der Waals surface area contributed by atoms with Crippen LogP contribution in [0.5, 0.6) is 5.75 Å². The van der Waals surface area contributed by atoms with Gasteiger partial charge in [-0.05, 0) is 42.5 Å². The molecule has 0 aliphatic carbocycles. The molecule has 0 radical (unpaired) electrons. The largest absolute Gasteiger partial charge is 0.497 e. The molecule has 1 fully saturated rings. The van der Waals surface area contributed by atoms with Gasteiger partial charge in [0, 0.05) is 37.5 Å². The van der Waals surface area contributed by atoms with Gasteiger partial charge in [-0.3, -0.25) is 4.79 Å². The third-order valence-electron chi connectivity index (χ3n) is 5.35. The highest BCUT2D eigenvalue weighted by Gasteiger charge is 2.35. The van der Waals surface area contributed by atoms with Gasteiger partial charge >= 0.3 is 0 Å². The number of amides is 1. The Hall–Kier alpha value is -2.34. The molecule has 2 unspecified atom stereocenters. The summed E-state index contributed by atoms with van der Waals surface area (Å²) >= 11 is 0. The van der Waals surface area contributed by atoms with Crippen molar-refractivity contribution in [1.82, 2.24) is 10.3 Å². The van der Waals surface area contributed by atoms with Crippen LogP contribution in [0.15, 0.2) is 34.9 Å². The quantitative estimate of drug-likeness (QED) is 0.752. The van der Waals surface area contributed by atoms with Crippen LogP contribution in [0.4, 0.5) is 0 Å². The lowest BCUT2D eigenvalue weighted by atomic mass is 9.78. The first-order valence-corrected chi connectivity index (χ1v) is 10.3. The monoisotopic (exact) mass is 400 g/mol. The second-order valence-corrected chi connectivity index (χ2v) is 8.71. The Labute approximate surface area is 173 Å². The van der Waals surface area contributed by atoms with Crippen molar-refractivity contribution in [3.63, 3.8) is 0 Å². The predicted octanol–water partition coefficient (Wildman–Crippen LogP) is 4.24. The van der Waals surface area contributed by atoms with Crippen molar-refractivity contribution in [2.45, 2.75) is 52.6 Å². The molecule has 2 aromatic rings. The smallest absolute Gasteiger partial charge is 0.220 e. The fraction of sp³-hybridized carbons (Fsp3) is 0.565. The van der Waals surface area contributed by atoms with E-state index in [0.29, 0.717) is 37.0 Å². The van der Waals surface area contributed by atoms with Crippen molar-refractivity contribution in [2.24, 2.45) is 11.3 Å². The number of hydrogen-bond donors (Lipinski definition) is 1. The summed E-state index contributed by atoms with van der Waals surface area (Å²) < 4.78 is 17.0. The standard InChI is InChI=1S/C23H32N2O4/c1-23(2,3)22-17(6-5-13-28-22)14-24-20(26)11-12-21-25-15-19(29-21)16-7-9-18(27-4)10-8-16/h7-10,15,17,22H,5-6,11-14H2,1-4H3,(H,24,26). The molecule has 6 nitrogen and oxygen atoms in total. The molecule has 1 amide bonds. The number of hydrogen-bond acceptors (Lipinski definition) is 5. The van der Waals surface area contributed by atoms with Crippen molar-refractivity contribution >= 4 is 5.91 Å². The summed E-state index contributed by atoms with van der Waals surface area (Å²) in [6, 6.07) is 7.61. The van der Waals surface area contributed by atoms with Gasteiger partial charge in [0.05, 0.1) is 19.4 Å². The van der Waals surface area contributed by atoms with Gasteiger partial charge in [0.15, 0.2) is 11.7 Å². The molecular formula is C23H32N2O4. The highest BCUT2D eigenvalue weighted by molar-refractivity contribution is 5.76. The van der Waals surface area contributed by atoms with E-state index in [-0.39, 0.29) is 17.4 Å². The summed E-state index contributed by atoms with van der Waals surface area (Å²) in [6.45, 7) is 8.05. The average Bonchev–Trinajstić information content (AvgIpc) is 3.19. The first kappa shape index (κ1) is 21.4. The number of carbonyl (C=O) groups excluding carboxylic acids is 1. The minimum absolute atomic E-state index is 0.0208. The lowest BCUT2D eigenvalue weighted by molar-refractivity contribution is -0.123. The third kappa shape index (κ3) is 5.82. The number of carbonyl (C=O) groups is 1. The van der Waals surface area contributed by atoms with Crippen molar-refractivity contribution in [3.8, 4) is 17.1 Å². The normalized spacial score (nSPS) is 19.7. The highest BCUT2D eigenvalue weighted by Crippen LogP contribution is 2.33. The van der Waals surface area contributed by atoms with Crippen LogP contribution in [0, 0.1) is 11.3 Å². The van der Waals surface area contributed by atoms with Crippen LogP contribution < -0.4 is 10.1 Å². The number of aryl methyl sites for hydroxylation is 1. The Bertz CT molecular complexity index is 792. The van der Waals surface area contributed by atoms with E-state index in [1.165, 1.54) is 0 Å². The van der Waals surface area contributed by atoms with Gasteiger partial charge in [-0.15, -0.1) is 0 Å². The van der Waals surface area contributed by atoms with Gasteiger partial charge in [-0.1, -0.05) is 20.8 Å². The Morgan fingerprint density at radius 1 is 1.28 bits per heavy atom. The molecule has 0 bridgehead atoms. The minimum atomic E-state index is 0.0208. The van der Waals surface area contributed by atoms with Crippen LogP contribution >= 0.6 is 0 Å². The number of benzene rings is 1. The van der Waals surface area contributed by atoms with Gasteiger partial charge in [0.1, 0.15) is 5.75 Å². The molecule has 1 aromatic carbocycles. The zero-order valence-electron chi connectivity index (χ0n) is 17.9. The van der Waals surface area contributed by atoms with Crippen LogP contribution in [0.2, 0.25) is 0 Å². The van der Waals surface area contributed by atoms with Crippen molar-refractivity contribution < 1.29 is 18.7 Å². The SMILES string of the molecule is COc1ccc(-c2cnc(CCC(=O)NCC3CCCOC3C(C)(C)C)o2)cc1. The maximum absolute atomic E-state index is 12.3. The molecule has 1 N–H and O–H groups in total. The van der Waals surface area contributed by atoms with E-state index >= 15 is 0 Å². The molecule has 6 heteroatoms. The fourth-order valence-electron chi connectivity index (χ4n) is 3.88. The Kier molecular flexibility index (Phi) is 6.96. The van der Waals surface area contributed by atoms with E-state index in [0.717, 1.165) is 30.8 Å². The van der Waals surface area contributed by atoms with Gasteiger partial charge in [-0.2, -0.15) is 0 Å². The summed E-state index contributed by atoms with van der Waals surface area (Å²) in [5.74, 6) is 2.43. The number of nitrogens with zero attached hydrogens (tertiary/aromatic N) is 1. The van der Waals surface area contributed by atoms with Crippen LogP contribution in [-0.4, -0.2) is 37.3 Å². The summed E-state index contributed by atoms with van der Waals surface area (Å²) in [6.07, 6.45) is 4.85. The second-order valence-electron chi connectivity index (χ2n) is 8.71. The van der Waals surface area contributed by atoms with Crippen LogP contribution in [-0.2, 0) is 16.0 Å². The molecule has 2 heterocycles. The van der Waals surface area contributed by atoms with Crippen molar-refractivity contribution in [2.75, 3.05) is 20.3 Å². The summed E-state index contributed by atoms with van der Waals surface area (Å²) in [5, 5.41) is 3.07.